The van der Waals surface area contributed by atoms with Crippen LogP contribution in [0.25, 0.3) is 0 Å². The highest BCUT2D eigenvalue weighted by Gasteiger charge is 2.41. The van der Waals surface area contributed by atoms with Gasteiger partial charge in [-0.25, -0.2) is 4.79 Å². The number of nitrogens with zero attached hydrogens (tertiary/aromatic N) is 2. The van der Waals surface area contributed by atoms with Gasteiger partial charge >= 0.3 is 6.09 Å². The molecule has 152 valence electrons. The molecule has 2 aliphatic rings. The van der Waals surface area contributed by atoms with Crippen LogP contribution in [0.3, 0.4) is 0 Å². The van der Waals surface area contributed by atoms with Gasteiger partial charge in [-0.3, -0.25) is 9.69 Å². The molecular formula is C23H26N2O4. The van der Waals surface area contributed by atoms with E-state index in [4.69, 9.17) is 4.74 Å². The molecule has 1 N–H and O–H groups in total. The predicted molar refractivity (Wildman–Crippen MR) is 108 cm³/mol. The van der Waals surface area contributed by atoms with Crippen molar-refractivity contribution in [2.24, 2.45) is 0 Å². The number of rotatable bonds is 2. The highest BCUT2D eigenvalue weighted by atomic mass is 16.6. The van der Waals surface area contributed by atoms with Crippen molar-refractivity contribution < 1.29 is 19.4 Å². The Labute approximate surface area is 170 Å². The average Bonchev–Trinajstić information content (AvgIpc) is 2.92. The van der Waals surface area contributed by atoms with Crippen LogP contribution in [-0.4, -0.2) is 45.6 Å². The Kier molecular flexibility index (Phi) is 4.82. The van der Waals surface area contributed by atoms with Crippen molar-refractivity contribution in [1.29, 1.82) is 0 Å². The molecule has 2 aromatic carbocycles. The van der Waals surface area contributed by atoms with Gasteiger partial charge in [0.2, 0.25) is 0 Å². The van der Waals surface area contributed by atoms with Crippen LogP contribution in [0.5, 0.6) is 0 Å². The van der Waals surface area contributed by atoms with Crippen molar-refractivity contribution in [3.63, 3.8) is 0 Å². The van der Waals surface area contributed by atoms with E-state index in [1.54, 1.807) is 23.1 Å². The molecule has 2 heterocycles. The number of carbonyl (C=O) groups excluding carboxylic acids is 2. The van der Waals surface area contributed by atoms with Gasteiger partial charge in [0.1, 0.15) is 5.60 Å². The third kappa shape index (κ3) is 3.60. The summed E-state index contributed by atoms with van der Waals surface area (Å²) in [5, 5.41) is 10.8. The van der Waals surface area contributed by atoms with E-state index in [2.05, 4.69) is 0 Å². The number of aliphatic hydroxyl groups excluding tert-OH is 1. The van der Waals surface area contributed by atoms with Gasteiger partial charge in [0.05, 0.1) is 6.04 Å². The van der Waals surface area contributed by atoms with Crippen molar-refractivity contribution in [3.05, 3.63) is 70.8 Å². The van der Waals surface area contributed by atoms with Gasteiger partial charge in [-0.2, -0.15) is 0 Å². The van der Waals surface area contributed by atoms with Crippen LogP contribution in [0.2, 0.25) is 0 Å². The molecule has 6 heteroatoms. The Balaban J connectivity index is 1.67. The lowest BCUT2D eigenvalue weighted by molar-refractivity contribution is -0.0116. The lowest BCUT2D eigenvalue weighted by Crippen LogP contribution is -2.47. The van der Waals surface area contributed by atoms with Crippen LogP contribution >= 0.6 is 0 Å². The van der Waals surface area contributed by atoms with Crippen LogP contribution in [-0.2, 0) is 11.2 Å². The summed E-state index contributed by atoms with van der Waals surface area (Å²) in [5.74, 6) is -0.222. The summed E-state index contributed by atoms with van der Waals surface area (Å²) in [4.78, 5) is 29.0. The van der Waals surface area contributed by atoms with Crippen molar-refractivity contribution in [1.82, 2.24) is 9.80 Å². The molecule has 29 heavy (non-hydrogen) atoms. The van der Waals surface area contributed by atoms with E-state index in [1.807, 2.05) is 51.1 Å². The summed E-state index contributed by atoms with van der Waals surface area (Å²) in [5.41, 5.74) is 2.63. The standard InChI is InChI=1S/C23H26N2O4/c1-23(2,3)29-22(28)24-13-12-15-8-4-5-9-16(15)19(24)14-25-20(26)17-10-6-7-11-18(17)21(25)27/h4-11,19-20,26H,12-14H2,1-3H3. The molecular weight excluding hydrogens is 368 g/mol. The highest BCUT2D eigenvalue weighted by Crippen LogP contribution is 2.37. The fourth-order valence-corrected chi connectivity index (χ4v) is 4.11. The Bertz CT molecular complexity index is 950. The first-order chi connectivity index (χ1) is 13.8. The number of benzene rings is 2. The molecule has 0 fully saturated rings. The zero-order valence-corrected chi connectivity index (χ0v) is 17.0. The second-order valence-corrected chi connectivity index (χ2v) is 8.56. The van der Waals surface area contributed by atoms with Gasteiger partial charge in [-0.1, -0.05) is 42.5 Å². The first kappa shape index (κ1) is 19.5. The van der Waals surface area contributed by atoms with Crippen LogP contribution in [0, 0.1) is 0 Å². The molecule has 0 aliphatic carbocycles. The molecule has 2 atom stereocenters. The van der Waals surface area contributed by atoms with Gasteiger partial charge in [0, 0.05) is 24.2 Å². The number of ether oxygens (including phenoxy) is 1. The second kappa shape index (κ2) is 7.19. The first-order valence-electron chi connectivity index (χ1n) is 9.91. The van der Waals surface area contributed by atoms with Crippen LogP contribution in [0.1, 0.15) is 60.1 Å². The topological polar surface area (TPSA) is 70.1 Å². The summed E-state index contributed by atoms with van der Waals surface area (Å²) >= 11 is 0. The monoisotopic (exact) mass is 394 g/mol. The second-order valence-electron chi connectivity index (χ2n) is 8.56. The number of amides is 2. The Morgan fingerprint density at radius 2 is 1.76 bits per heavy atom. The first-order valence-corrected chi connectivity index (χ1v) is 9.91. The van der Waals surface area contributed by atoms with Crippen molar-refractivity contribution >= 4 is 12.0 Å². The molecule has 2 aliphatic heterocycles. The van der Waals surface area contributed by atoms with Crippen molar-refractivity contribution in [2.45, 2.75) is 45.1 Å². The largest absolute Gasteiger partial charge is 0.444 e. The molecule has 0 radical (unpaired) electrons. The fraction of sp³-hybridized carbons (Fsp3) is 0.391. The number of hydrogen-bond acceptors (Lipinski definition) is 4. The van der Waals surface area contributed by atoms with Gasteiger partial charge in [0.25, 0.3) is 5.91 Å². The third-order valence-corrected chi connectivity index (χ3v) is 5.44. The molecule has 0 aromatic heterocycles. The molecule has 2 unspecified atom stereocenters. The van der Waals surface area contributed by atoms with Gasteiger partial charge < -0.3 is 14.7 Å². The van der Waals surface area contributed by atoms with Crippen molar-refractivity contribution in [3.8, 4) is 0 Å². The van der Waals surface area contributed by atoms with Gasteiger partial charge in [-0.15, -0.1) is 0 Å². The summed E-state index contributed by atoms with van der Waals surface area (Å²) < 4.78 is 5.62. The molecule has 2 amide bonds. The third-order valence-electron chi connectivity index (χ3n) is 5.44. The van der Waals surface area contributed by atoms with E-state index in [9.17, 15) is 14.7 Å². The molecule has 0 saturated heterocycles. The zero-order chi connectivity index (χ0) is 20.8. The molecule has 4 rings (SSSR count). The molecule has 2 aromatic rings. The summed E-state index contributed by atoms with van der Waals surface area (Å²) in [6.45, 7) is 6.21. The normalized spacial score (nSPS) is 21.0. The lowest BCUT2D eigenvalue weighted by Gasteiger charge is -2.40. The maximum absolute atomic E-state index is 12.9. The molecule has 0 bridgehead atoms. The van der Waals surface area contributed by atoms with Crippen LogP contribution < -0.4 is 0 Å². The summed E-state index contributed by atoms with van der Waals surface area (Å²) in [7, 11) is 0. The Hall–Kier alpha value is -2.86. The maximum Gasteiger partial charge on any atom is 0.410 e. The predicted octanol–water partition coefficient (Wildman–Crippen LogP) is 3.67. The lowest BCUT2D eigenvalue weighted by atomic mass is 9.92. The zero-order valence-electron chi connectivity index (χ0n) is 17.0. The van der Waals surface area contributed by atoms with Crippen LogP contribution in [0.4, 0.5) is 4.79 Å². The number of fused-ring (bicyclic) bond motifs is 2. The van der Waals surface area contributed by atoms with E-state index < -0.39 is 17.9 Å². The minimum atomic E-state index is -1.02. The number of hydrogen-bond donors (Lipinski definition) is 1. The van der Waals surface area contributed by atoms with E-state index in [0.29, 0.717) is 17.7 Å². The summed E-state index contributed by atoms with van der Waals surface area (Å²) in [6, 6.07) is 14.6. The Morgan fingerprint density at radius 1 is 1.10 bits per heavy atom. The Morgan fingerprint density at radius 3 is 2.45 bits per heavy atom. The maximum atomic E-state index is 12.9. The van der Waals surface area contributed by atoms with Gasteiger partial charge in [-0.05, 0) is 44.4 Å². The SMILES string of the molecule is CC(C)(C)OC(=O)N1CCc2ccccc2C1CN1C(=O)c2ccccc2C1O. The highest BCUT2D eigenvalue weighted by molar-refractivity contribution is 5.99. The number of aliphatic hydroxyl groups is 1. The van der Waals surface area contributed by atoms with Gasteiger partial charge in [0.15, 0.2) is 6.23 Å². The molecule has 0 saturated carbocycles. The van der Waals surface area contributed by atoms with E-state index in [-0.39, 0.29) is 18.5 Å². The quantitative estimate of drug-likeness (QED) is 0.844. The fourth-order valence-electron chi connectivity index (χ4n) is 4.11. The van der Waals surface area contributed by atoms with E-state index >= 15 is 0 Å². The summed E-state index contributed by atoms with van der Waals surface area (Å²) in [6.07, 6.45) is -0.702. The van der Waals surface area contributed by atoms with Crippen LogP contribution in [0.15, 0.2) is 48.5 Å². The molecule has 6 nitrogen and oxygen atoms in total. The van der Waals surface area contributed by atoms with E-state index in [0.717, 1.165) is 17.5 Å². The number of carbonyl (C=O) groups is 2. The average molecular weight is 394 g/mol. The van der Waals surface area contributed by atoms with Crippen molar-refractivity contribution in [2.75, 3.05) is 13.1 Å². The van der Waals surface area contributed by atoms with E-state index in [1.165, 1.54) is 4.90 Å². The molecule has 0 spiro atoms. The smallest absolute Gasteiger partial charge is 0.410 e. The minimum Gasteiger partial charge on any atom is -0.444 e. The minimum absolute atomic E-state index is 0.199.